The van der Waals surface area contributed by atoms with Crippen LogP contribution in [0.1, 0.15) is 45.9 Å². The van der Waals surface area contributed by atoms with Gasteiger partial charge in [0.25, 0.3) is 0 Å². The van der Waals surface area contributed by atoms with E-state index in [1.807, 2.05) is 6.20 Å². The van der Waals surface area contributed by atoms with E-state index in [9.17, 15) is 0 Å². The lowest BCUT2D eigenvalue weighted by Crippen LogP contribution is -2.12. The molecule has 166 valence electrons. The average Bonchev–Trinajstić information content (AvgIpc) is 3.28. The van der Waals surface area contributed by atoms with Crippen LogP contribution >= 0.6 is 11.3 Å². The van der Waals surface area contributed by atoms with Gasteiger partial charge in [-0.15, -0.1) is 11.3 Å². The SMILES string of the molecule is CC(C)Cc1ncc(-c2cc(-c3cc(C(C)(C)C)c4ccccc4c3)ncn2)c2ccsc12. The molecule has 0 amide bonds. The lowest BCUT2D eigenvalue weighted by atomic mass is 9.82. The minimum Gasteiger partial charge on any atom is -0.259 e. The van der Waals surface area contributed by atoms with Gasteiger partial charge in [-0.3, -0.25) is 4.98 Å². The second kappa shape index (κ2) is 8.35. The van der Waals surface area contributed by atoms with Crippen molar-refractivity contribution in [3.63, 3.8) is 0 Å². The number of hydrogen-bond acceptors (Lipinski definition) is 4. The van der Waals surface area contributed by atoms with E-state index >= 15 is 0 Å². The largest absolute Gasteiger partial charge is 0.259 e. The Morgan fingerprint density at radius 3 is 2.45 bits per heavy atom. The van der Waals surface area contributed by atoms with E-state index < -0.39 is 0 Å². The lowest BCUT2D eigenvalue weighted by Gasteiger charge is -2.22. The maximum absolute atomic E-state index is 4.84. The topological polar surface area (TPSA) is 38.7 Å². The monoisotopic (exact) mass is 451 g/mol. The maximum atomic E-state index is 4.84. The van der Waals surface area contributed by atoms with Gasteiger partial charge in [0.15, 0.2) is 0 Å². The second-order valence-corrected chi connectivity index (χ2v) is 11.1. The van der Waals surface area contributed by atoms with Crippen LogP contribution < -0.4 is 0 Å². The molecule has 0 atom stereocenters. The van der Waals surface area contributed by atoms with Gasteiger partial charge in [0.2, 0.25) is 0 Å². The van der Waals surface area contributed by atoms with Gasteiger partial charge in [-0.25, -0.2) is 9.97 Å². The molecule has 0 spiro atoms. The second-order valence-electron chi connectivity index (χ2n) is 10.2. The molecular formula is C29H29N3S. The third kappa shape index (κ3) is 4.16. The highest BCUT2D eigenvalue weighted by atomic mass is 32.1. The molecule has 4 heteroatoms. The predicted molar refractivity (Wildman–Crippen MR) is 141 cm³/mol. The molecule has 0 radical (unpaired) electrons. The van der Waals surface area contributed by atoms with Crippen molar-refractivity contribution in [2.24, 2.45) is 5.92 Å². The van der Waals surface area contributed by atoms with Crippen LogP contribution in [0, 0.1) is 5.92 Å². The molecule has 0 aliphatic heterocycles. The third-order valence-electron chi connectivity index (χ3n) is 6.08. The van der Waals surface area contributed by atoms with Gasteiger partial charge in [-0.1, -0.05) is 58.9 Å². The van der Waals surface area contributed by atoms with Crippen LogP contribution in [0.15, 0.2) is 66.4 Å². The molecule has 0 saturated heterocycles. The minimum atomic E-state index is 0.0322. The molecule has 5 rings (SSSR count). The van der Waals surface area contributed by atoms with Crippen LogP contribution in [0.25, 0.3) is 43.4 Å². The Bertz CT molecular complexity index is 1460. The van der Waals surface area contributed by atoms with Crippen molar-refractivity contribution in [2.75, 3.05) is 0 Å². The van der Waals surface area contributed by atoms with Crippen LogP contribution in [-0.4, -0.2) is 15.0 Å². The fraction of sp³-hybridized carbons (Fsp3) is 0.276. The van der Waals surface area contributed by atoms with E-state index in [0.717, 1.165) is 28.9 Å². The molecule has 0 aliphatic rings. The number of fused-ring (bicyclic) bond motifs is 2. The van der Waals surface area contributed by atoms with Crippen molar-refractivity contribution in [1.82, 2.24) is 15.0 Å². The van der Waals surface area contributed by atoms with E-state index in [2.05, 4.69) is 98.5 Å². The van der Waals surface area contributed by atoms with Gasteiger partial charge in [0, 0.05) is 22.7 Å². The van der Waals surface area contributed by atoms with Gasteiger partial charge in [-0.05, 0) is 63.7 Å². The highest BCUT2D eigenvalue weighted by Crippen LogP contribution is 2.36. The van der Waals surface area contributed by atoms with Crippen LogP contribution in [0.5, 0.6) is 0 Å². The van der Waals surface area contributed by atoms with E-state index in [1.165, 1.54) is 32.1 Å². The molecule has 0 bridgehead atoms. The summed E-state index contributed by atoms with van der Waals surface area (Å²) in [7, 11) is 0. The number of rotatable bonds is 4. The van der Waals surface area contributed by atoms with Crippen LogP contribution in [0.4, 0.5) is 0 Å². The molecule has 0 unspecified atom stereocenters. The molecule has 0 fully saturated rings. The molecule has 0 saturated carbocycles. The van der Waals surface area contributed by atoms with Crippen molar-refractivity contribution < 1.29 is 0 Å². The quantitative estimate of drug-likeness (QED) is 0.277. The number of hydrogen-bond donors (Lipinski definition) is 0. The van der Waals surface area contributed by atoms with Gasteiger partial charge in [0.05, 0.1) is 21.8 Å². The molecular weight excluding hydrogens is 422 g/mol. The standard InChI is InChI=1S/C29H29N3S/c1-18(2)12-27-28-22(10-11-33-28)23(16-30-27)26-15-25(31-17-32-26)20-13-19-8-6-7-9-21(19)24(14-20)29(3,4)5/h6-11,13-18H,12H2,1-5H3. The summed E-state index contributed by atoms with van der Waals surface area (Å²) in [5.41, 5.74) is 6.58. The highest BCUT2D eigenvalue weighted by Gasteiger charge is 2.19. The smallest absolute Gasteiger partial charge is 0.116 e. The van der Waals surface area contributed by atoms with Gasteiger partial charge in [-0.2, -0.15) is 0 Å². The van der Waals surface area contributed by atoms with Crippen LogP contribution in [0.3, 0.4) is 0 Å². The third-order valence-corrected chi connectivity index (χ3v) is 7.04. The van der Waals surface area contributed by atoms with Crippen LogP contribution in [-0.2, 0) is 11.8 Å². The Morgan fingerprint density at radius 2 is 1.67 bits per heavy atom. The summed E-state index contributed by atoms with van der Waals surface area (Å²) >= 11 is 1.77. The predicted octanol–water partition coefficient (Wildman–Crippen LogP) is 8.07. The Balaban J connectivity index is 1.65. The van der Waals surface area contributed by atoms with E-state index in [1.54, 1.807) is 17.7 Å². The zero-order valence-electron chi connectivity index (χ0n) is 19.9. The van der Waals surface area contributed by atoms with Crippen molar-refractivity contribution >= 4 is 32.2 Å². The Hall–Kier alpha value is -3.11. The van der Waals surface area contributed by atoms with E-state index in [0.29, 0.717) is 5.92 Å². The van der Waals surface area contributed by atoms with Crippen molar-refractivity contribution in [2.45, 2.75) is 46.5 Å². The molecule has 3 nitrogen and oxygen atoms in total. The summed E-state index contributed by atoms with van der Waals surface area (Å²) in [6, 6.07) is 17.4. The van der Waals surface area contributed by atoms with Crippen molar-refractivity contribution in [3.05, 3.63) is 77.7 Å². The molecule has 33 heavy (non-hydrogen) atoms. The molecule has 0 N–H and O–H groups in total. The molecule has 2 aromatic carbocycles. The number of aromatic nitrogens is 3. The lowest BCUT2D eigenvalue weighted by molar-refractivity contribution is 0.596. The molecule has 3 aromatic heterocycles. The molecule has 0 aliphatic carbocycles. The first-order chi connectivity index (χ1) is 15.8. The minimum absolute atomic E-state index is 0.0322. The summed E-state index contributed by atoms with van der Waals surface area (Å²) in [5.74, 6) is 0.573. The molecule has 3 heterocycles. The summed E-state index contributed by atoms with van der Waals surface area (Å²) in [6.07, 6.45) is 4.65. The number of benzene rings is 2. The van der Waals surface area contributed by atoms with E-state index in [4.69, 9.17) is 4.98 Å². The fourth-order valence-electron chi connectivity index (χ4n) is 4.49. The summed E-state index contributed by atoms with van der Waals surface area (Å²) in [6.45, 7) is 11.3. The normalized spacial score (nSPS) is 12.2. The number of thiophene rings is 1. The Kier molecular flexibility index (Phi) is 5.49. The average molecular weight is 452 g/mol. The number of nitrogens with zero attached hydrogens (tertiary/aromatic N) is 3. The first-order valence-corrected chi connectivity index (χ1v) is 12.4. The summed E-state index contributed by atoms with van der Waals surface area (Å²) in [5, 5.41) is 5.91. The Morgan fingerprint density at radius 1 is 0.879 bits per heavy atom. The Labute approximate surface area is 199 Å². The maximum Gasteiger partial charge on any atom is 0.116 e. The van der Waals surface area contributed by atoms with Crippen molar-refractivity contribution in [1.29, 1.82) is 0 Å². The zero-order chi connectivity index (χ0) is 23.2. The van der Waals surface area contributed by atoms with Crippen molar-refractivity contribution in [3.8, 4) is 22.5 Å². The first kappa shape index (κ1) is 21.7. The highest BCUT2D eigenvalue weighted by molar-refractivity contribution is 7.17. The van der Waals surface area contributed by atoms with Crippen LogP contribution in [0.2, 0.25) is 0 Å². The summed E-state index contributed by atoms with van der Waals surface area (Å²) < 4.78 is 1.27. The van der Waals surface area contributed by atoms with E-state index in [-0.39, 0.29) is 5.41 Å². The fourth-order valence-corrected chi connectivity index (χ4v) is 5.41. The number of pyridine rings is 1. The zero-order valence-corrected chi connectivity index (χ0v) is 20.7. The van der Waals surface area contributed by atoms with Gasteiger partial charge >= 0.3 is 0 Å². The first-order valence-electron chi connectivity index (χ1n) is 11.5. The summed E-state index contributed by atoms with van der Waals surface area (Å²) in [4.78, 5) is 14.1. The van der Waals surface area contributed by atoms with Gasteiger partial charge in [0.1, 0.15) is 6.33 Å². The van der Waals surface area contributed by atoms with Gasteiger partial charge < -0.3 is 0 Å². The molecule has 5 aromatic rings.